The fraction of sp³-hybridized carbons (Fsp3) is 0.471. The summed E-state index contributed by atoms with van der Waals surface area (Å²) in [4.78, 5) is 14.1. The number of hydrogen-bond acceptors (Lipinski definition) is 5. The first-order chi connectivity index (χ1) is 11.5. The van der Waals surface area contributed by atoms with Crippen LogP contribution in [0.5, 0.6) is 0 Å². The minimum atomic E-state index is -0.270. The van der Waals surface area contributed by atoms with Gasteiger partial charge in [-0.05, 0) is 30.5 Å². The summed E-state index contributed by atoms with van der Waals surface area (Å²) in [6.07, 6.45) is 1.40. The van der Waals surface area contributed by atoms with E-state index < -0.39 is 0 Å². The van der Waals surface area contributed by atoms with Gasteiger partial charge in [0.1, 0.15) is 12.2 Å². The van der Waals surface area contributed by atoms with Gasteiger partial charge in [0.2, 0.25) is 17.7 Å². The normalized spacial score (nSPS) is 20.8. The Morgan fingerprint density at radius 1 is 1.33 bits per heavy atom. The van der Waals surface area contributed by atoms with Gasteiger partial charge >= 0.3 is 0 Å². The Labute approximate surface area is 139 Å². The molecule has 24 heavy (non-hydrogen) atoms. The van der Waals surface area contributed by atoms with Crippen LogP contribution in [-0.2, 0) is 16.0 Å². The number of ether oxygens (including phenoxy) is 1. The molecule has 2 heterocycles. The molecule has 1 aromatic heterocycles. The molecule has 6 nitrogen and oxygen atoms in total. The van der Waals surface area contributed by atoms with Gasteiger partial charge in [-0.3, -0.25) is 4.79 Å². The number of rotatable bonds is 4. The van der Waals surface area contributed by atoms with Crippen molar-refractivity contribution in [3.05, 3.63) is 47.4 Å². The van der Waals surface area contributed by atoms with E-state index in [2.05, 4.69) is 10.2 Å². The molecule has 1 aromatic carbocycles. The molecule has 0 radical (unpaired) electrons. The van der Waals surface area contributed by atoms with Crippen molar-refractivity contribution in [1.82, 2.24) is 15.1 Å². The summed E-state index contributed by atoms with van der Waals surface area (Å²) in [7, 11) is 1.78. The standard InChI is InChI=1S/C17H20FN3O3/c1-11-19-20-16(24-11)10-17(22)21(2)14-7-8-23-15(9-14)12-3-5-13(18)6-4-12/h3-6,14-15H,7-10H2,1-2H3. The van der Waals surface area contributed by atoms with E-state index in [4.69, 9.17) is 9.15 Å². The van der Waals surface area contributed by atoms with Crippen molar-refractivity contribution in [2.24, 2.45) is 0 Å². The van der Waals surface area contributed by atoms with Gasteiger partial charge in [-0.2, -0.15) is 0 Å². The van der Waals surface area contributed by atoms with Crippen molar-refractivity contribution in [2.45, 2.75) is 38.3 Å². The molecular formula is C17H20FN3O3. The van der Waals surface area contributed by atoms with Gasteiger partial charge in [0.05, 0.1) is 6.10 Å². The van der Waals surface area contributed by atoms with Gasteiger partial charge in [-0.15, -0.1) is 10.2 Å². The van der Waals surface area contributed by atoms with Gasteiger partial charge in [-0.25, -0.2) is 4.39 Å². The molecule has 0 saturated carbocycles. The second-order valence-corrected chi connectivity index (χ2v) is 5.99. The monoisotopic (exact) mass is 333 g/mol. The summed E-state index contributed by atoms with van der Waals surface area (Å²) < 4.78 is 24.1. The van der Waals surface area contributed by atoms with E-state index in [9.17, 15) is 9.18 Å². The maximum atomic E-state index is 13.1. The van der Waals surface area contributed by atoms with Crippen molar-refractivity contribution >= 4 is 5.91 Å². The molecule has 7 heteroatoms. The zero-order chi connectivity index (χ0) is 17.1. The Balaban J connectivity index is 1.62. The predicted molar refractivity (Wildman–Crippen MR) is 83.6 cm³/mol. The average molecular weight is 333 g/mol. The lowest BCUT2D eigenvalue weighted by Crippen LogP contribution is -2.42. The number of carbonyl (C=O) groups is 1. The second-order valence-electron chi connectivity index (χ2n) is 5.99. The Morgan fingerprint density at radius 3 is 2.75 bits per heavy atom. The molecule has 0 aliphatic carbocycles. The molecule has 0 N–H and O–H groups in total. The van der Waals surface area contributed by atoms with E-state index in [1.807, 2.05) is 0 Å². The van der Waals surface area contributed by atoms with Crippen LogP contribution in [0.1, 0.15) is 36.3 Å². The van der Waals surface area contributed by atoms with Gasteiger partial charge in [-0.1, -0.05) is 12.1 Å². The summed E-state index contributed by atoms with van der Waals surface area (Å²) in [5.74, 6) is 0.436. The molecule has 1 aliphatic rings. The van der Waals surface area contributed by atoms with Crippen LogP contribution in [0.25, 0.3) is 0 Å². The van der Waals surface area contributed by atoms with Crippen LogP contribution in [0.3, 0.4) is 0 Å². The summed E-state index contributed by atoms with van der Waals surface area (Å²) in [6, 6.07) is 6.37. The molecule has 0 spiro atoms. The predicted octanol–water partition coefficient (Wildman–Crippen LogP) is 2.44. The fourth-order valence-electron chi connectivity index (χ4n) is 2.91. The number of hydrogen-bond donors (Lipinski definition) is 0. The van der Waals surface area contributed by atoms with Gasteiger partial charge in [0.15, 0.2) is 0 Å². The van der Waals surface area contributed by atoms with E-state index in [1.54, 1.807) is 31.0 Å². The molecule has 1 fully saturated rings. The fourth-order valence-corrected chi connectivity index (χ4v) is 2.91. The van der Waals surface area contributed by atoms with E-state index in [1.165, 1.54) is 12.1 Å². The molecular weight excluding hydrogens is 313 g/mol. The van der Waals surface area contributed by atoms with E-state index in [-0.39, 0.29) is 30.3 Å². The Hall–Kier alpha value is -2.28. The van der Waals surface area contributed by atoms with Crippen LogP contribution in [0.4, 0.5) is 4.39 Å². The minimum Gasteiger partial charge on any atom is -0.425 e. The lowest BCUT2D eigenvalue weighted by atomic mass is 9.96. The lowest BCUT2D eigenvalue weighted by molar-refractivity contribution is -0.134. The minimum absolute atomic E-state index is 0.0605. The van der Waals surface area contributed by atoms with Gasteiger partial charge < -0.3 is 14.1 Å². The number of nitrogens with zero attached hydrogens (tertiary/aromatic N) is 3. The number of amides is 1. The number of carbonyl (C=O) groups excluding carboxylic acids is 1. The van der Waals surface area contributed by atoms with Crippen LogP contribution >= 0.6 is 0 Å². The highest BCUT2D eigenvalue weighted by Gasteiger charge is 2.29. The van der Waals surface area contributed by atoms with Crippen LogP contribution in [0, 0.1) is 12.7 Å². The van der Waals surface area contributed by atoms with Crippen LogP contribution < -0.4 is 0 Å². The van der Waals surface area contributed by atoms with Crippen molar-refractivity contribution in [1.29, 1.82) is 0 Å². The summed E-state index contributed by atoms with van der Waals surface area (Å²) in [5, 5.41) is 7.59. The van der Waals surface area contributed by atoms with Crippen LogP contribution in [-0.4, -0.2) is 40.7 Å². The topological polar surface area (TPSA) is 68.5 Å². The van der Waals surface area contributed by atoms with E-state index >= 15 is 0 Å². The highest BCUT2D eigenvalue weighted by Crippen LogP contribution is 2.30. The molecule has 2 unspecified atom stereocenters. The first-order valence-corrected chi connectivity index (χ1v) is 7.94. The molecule has 3 rings (SSSR count). The summed E-state index contributed by atoms with van der Waals surface area (Å²) >= 11 is 0. The number of halogens is 1. The van der Waals surface area contributed by atoms with E-state index in [0.29, 0.717) is 24.8 Å². The summed E-state index contributed by atoms with van der Waals surface area (Å²) in [5.41, 5.74) is 0.925. The van der Waals surface area contributed by atoms with Crippen molar-refractivity contribution < 1.29 is 18.3 Å². The van der Waals surface area contributed by atoms with Crippen molar-refractivity contribution in [3.8, 4) is 0 Å². The highest BCUT2D eigenvalue weighted by atomic mass is 19.1. The highest BCUT2D eigenvalue weighted by molar-refractivity contribution is 5.77. The van der Waals surface area contributed by atoms with Crippen LogP contribution in [0.15, 0.2) is 28.7 Å². The number of likely N-dealkylation sites (N-methyl/N-ethyl adjacent to an activating group) is 1. The maximum Gasteiger partial charge on any atom is 0.231 e. The maximum absolute atomic E-state index is 13.1. The number of aryl methyl sites for hydroxylation is 1. The largest absolute Gasteiger partial charge is 0.425 e. The molecule has 1 amide bonds. The Bertz CT molecular complexity index is 701. The zero-order valence-corrected chi connectivity index (χ0v) is 13.7. The second kappa shape index (κ2) is 7.09. The molecule has 128 valence electrons. The third-order valence-corrected chi connectivity index (χ3v) is 4.31. The third-order valence-electron chi connectivity index (χ3n) is 4.31. The van der Waals surface area contributed by atoms with Crippen LogP contribution in [0.2, 0.25) is 0 Å². The smallest absolute Gasteiger partial charge is 0.231 e. The SMILES string of the molecule is Cc1nnc(CC(=O)N(C)C2CCOC(c3ccc(F)cc3)C2)o1. The molecule has 2 atom stereocenters. The lowest BCUT2D eigenvalue weighted by Gasteiger charge is -2.35. The molecule has 0 bridgehead atoms. The summed E-state index contributed by atoms with van der Waals surface area (Å²) in [6.45, 7) is 2.25. The third kappa shape index (κ3) is 3.79. The number of benzene rings is 1. The Kier molecular flexibility index (Phi) is 4.89. The average Bonchev–Trinajstić information content (AvgIpc) is 3.00. The van der Waals surface area contributed by atoms with Crippen molar-refractivity contribution in [3.63, 3.8) is 0 Å². The zero-order valence-electron chi connectivity index (χ0n) is 13.7. The first-order valence-electron chi connectivity index (χ1n) is 7.94. The molecule has 1 aliphatic heterocycles. The van der Waals surface area contributed by atoms with E-state index in [0.717, 1.165) is 12.0 Å². The molecule has 1 saturated heterocycles. The number of aromatic nitrogens is 2. The quantitative estimate of drug-likeness (QED) is 0.859. The Morgan fingerprint density at radius 2 is 2.08 bits per heavy atom. The van der Waals surface area contributed by atoms with Crippen molar-refractivity contribution in [2.75, 3.05) is 13.7 Å². The molecule has 2 aromatic rings. The van der Waals surface area contributed by atoms with Gasteiger partial charge in [0, 0.05) is 26.6 Å². The van der Waals surface area contributed by atoms with Gasteiger partial charge in [0.25, 0.3) is 0 Å². The first kappa shape index (κ1) is 16.6.